The van der Waals surface area contributed by atoms with Gasteiger partial charge in [0.1, 0.15) is 5.75 Å². The van der Waals surface area contributed by atoms with Crippen LogP contribution in [0.25, 0.3) is 0 Å². The molecule has 0 amide bonds. The Morgan fingerprint density at radius 1 is 1.39 bits per heavy atom. The zero-order valence-corrected chi connectivity index (χ0v) is 11.4. The van der Waals surface area contributed by atoms with Gasteiger partial charge in [-0.25, -0.2) is 0 Å². The fourth-order valence-corrected chi connectivity index (χ4v) is 1.40. The number of rotatable bonds is 7. The van der Waals surface area contributed by atoms with E-state index in [4.69, 9.17) is 15.2 Å². The average molecular weight is 274 g/mol. The molecule has 0 radical (unpaired) electrons. The molecule has 0 saturated carbocycles. The molecule has 0 aliphatic carbocycles. The van der Waals surface area contributed by atoms with Crippen LogP contribution in [0.5, 0.6) is 5.75 Å². The van der Waals surface area contributed by atoms with Crippen molar-refractivity contribution in [2.45, 2.75) is 26.3 Å². The van der Waals surface area contributed by atoms with Crippen LogP contribution in [0.3, 0.4) is 0 Å². The van der Waals surface area contributed by atoms with Gasteiger partial charge >= 0.3 is 5.97 Å². The molecule has 1 aromatic rings. The molecule has 0 atom stereocenters. The van der Waals surface area contributed by atoms with Gasteiger partial charge < -0.3 is 15.2 Å². The van der Waals surface area contributed by atoms with Gasteiger partial charge in [0.15, 0.2) is 0 Å². The molecule has 0 aliphatic rings. The molecule has 0 aromatic heterocycles. The van der Waals surface area contributed by atoms with Crippen LogP contribution in [-0.2, 0) is 16.1 Å². The number of carbonyl (C=O) groups excluding carboxylic acids is 1. The van der Waals surface area contributed by atoms with Crippen LogP contribution in [-0.4, -0.2) is 19.2 Å². The van der Waals surface area contributed by atoms with Gasteiger partial charge in [0.25, 0.3) is 0 Å². The van der Waals surface area contributed by atoms with Crippen molar-refractivity contribution in [3.8, 4) is 5.75 Å². The zero-order valence-electron chi connectivity index (χ0n) is 10.6. The summed E-state index contributed by atoms with van der Waals surface area (Å²) >= 11 is 0. The Balaban J connectivity index is 0.00000289. The highest BCUT2D eigenvalue weighted by atomic mass is 35.5. The molecule has 1 rings (SSSR count). The minimum atomic E-state index is -0.174. The predicted molar refractivity (Wildman–Crippen MR) is 72.9 cm³/mol. The van der Waals surface area contributed by atoms with E-state index in [1.807, 2.05) is 24.3 Å². The highest BCUT2D eigenvalue weighted by Crippen LogP contribution is 2.13. The lowest BCUT2D eigenvalue weighted by Gasteiger charge is -2.07. The van der Waals surface area contributed by atoms with E-state index in [9.17, 15) is 4.79 Å². The van der Waals surface area contributed by atoms with E-state index < -0.39 is 0 Å². The lowest BCUT2D eigenvalue weighted by Crippen LogP contribution is -2.07. The van der Waals surface area contributed by atoms with Crippen LogP contribution in [0.2, 0.25) is 0 Å². The van der Waals surface area contributed by atoms with Gasteiger partial charge in [0.2, 0.25) is 0 Å². The summed E-state index contributed by atoms with van der Waals surface area (Å²) in [4.78, 5) is 11.1. The summed E-state index contributed by atoms with van der Waals surface area (Å²) in [5.74, 6) is 0.614. The molecule has 102 valence electrons. The van der Waals surface area contributed by atoms with E-state index in [1.54, 1.807) is 6.92 Å². The Morgan fingerprint density at radius 3 is 2.83 bits per heavy atom. The van der Waals surface area contributed by atoms with Crippen LogP contribution < -0.4 is 10.5 Å². The van der Waals surface area contributed by atoms with E-state index >= 15 is 0 Å². The first-order valence-electron chi connectivity index (χ1n) is 5.83. The minimum absolute atomic E-state index is 0. The van der Waals surface area contributed by atoms with Crippen LogP contribution in [0.4, 0.5) is 0 Å². The van der Waals surface area contributed by atoms with Crippen LogP contribution in [0, 0.1) is 0 Å². The summed E-state index contributed by atoms with van der Waals surface area (Å²) in [6.45, 7) is 3.23. The average Bonchev–Trinajstić information content (AvgIpc) is 2.35. The highest BCUT2D eigenvalue weighted by molar-refractivity contribution is 5.85. The number of halogens is 1. The molecule has 0 heterocycles. The first kappa shape index (κ1) is 16.7. The topological polar surface area (TPSA) is 61.5 Å². The summed E-state index contributed by atoms with van der Waals surface area (Å²) in [6.07, 6.45) is 1.05. The smallest absolute Gasteiger partial charge is 0.305 e. The molecule has 0 bridgehead atoms. The fourth-order valence-electron chi connectivity index (χ4n) is 1.40. The standard InChI is InChI=1S/C13H19NO3.ClH/c1-2-16-13(15)7-4-8-17-12-6-3-5-11(9-12)10-14;/h3,5-6,9H,2,4,7-8,10,14H2,1H3;1H. The number of hydrogen-bond donors (Lipinski definition) is 1. The SMILES string of the molecule is CCOC(=O)CCCOc1cccc(CN)c1.Cl. The molecule has 2 N–H and O–H groups in total. The number of benzene rings is 1. The molecule has 0 saturated heterocycles. The van der Waals surface area contributed by atoms with E-state index in [2.05, 4.69) is 0 Å². The van der Waals surface area contributed by atoms with Crippen molar-refractivity contribution < 1.29 is 14.3 Å². The molecular weight excluding hydrogens is 254 g/mol. The Kier molecular flexibility index (Phi) is 9.06. The summed E-state index contributed by atoms with van der Waals surface area (Å²) in [6, 6.07) is 7.64. The quantitative estimate of drug-likeness (QED) is 0.612. The zero-order chi connectivity index (χ0) is 12.5. The Hall–Kier alpha value is -1.26. The lowest BCUT2D eigenvalue weighted by molar-refractivity contribution is -0.143. The summed E-state index contributed by atoms with van der Waals surface area (Å²) < 4.78 is 10.3. The van der Waals surface area contributed by atoms with Gasteiger partial charge in [-0.2, -0.15) is 0 Å². The third kappa shape index (κ3) is 6.47. The maximum Gasteiger partial charge on any atom is 0.305 e. The first-order chi connectivity index (χ1) is 8.26. The maximum atomic E-state index is 11.1. The number of esters is 1. The van der Waals surface area contributed by atoms with E-state index in [-0.39, 0.29) is 18.4 Å². The Morgan fingerprint density at radius 2 is 2.17 bits per heavy atom. The predicted octanol–water partition coefficient (Wildman–Crippen LogP) is 2.29. The van der Waals surface area contributed by atoms with Crippen LogP contribution in [0.15, 0.2) is 24.3 Å². The van der Waals surface area contributed by atoms with Gasteiger partial charge in [0.05, 0.1) is 13.2 Å². The molecular formula is C13H20ClNO3. The monoisotopic (exact) mass is 273 g/mol. The molecule has 0 aliphatic heterocycles. The fraction of sp³-hybridized carbons (Fsp3) is 0.462. The van der Waals surface area contributed by atoms with Crippen molar-refractivity contribution in [2.24, 2.45) is 5.73 Å². The van der Waals surface area contributed by atoms with Crippen LogP contribution >= 0.6 is 12.4 Å². The van der Waals surface area contributed by atoms with Crippen LogP contribution in [0.1, 0.15) is 25.3 Å². The molecule has 0 spiro atoms. The van der Waals surface area contributed by atoms with Crippen molar-refractivity contribution in [3.63, 3.8) is 0 Å². The second kappa shape index (κ2) is 9.74. The van der Waals surface area contributed by atoms with Gasteiger partial charge in [-0.15, -0.1) is 12.4 Å². The van der Waals surface area contributed by atoms with Crippen molar-refractivity contribution in [3.05, 3.63) is 29.8 Å². The van der Waals surface area contributed by atoms with E-state index in [0.717, 1.165) is 11.3 Å². The first-order valence-corrected chi connectivity index (χ1v) is 5.83. The molecule has 4 nitrogen and oxygen atoms in total. The lowest BCUT2D eigenvalue weighted by atomic mass is 10.2. The van der Waals surface area contributed by atoms with Crippen molar-refractivity contribution in [1.29, 1.82) is 0 Å². The number of hydrogen-bond acceptors (Lipinski definition) is 4. The second-order valence-corrected chi connectivity index (χ2v) is 3.61. The van der Waals surface area contributed by atoms with Gasteiger partial charge in [-0.05, 0) is 31.0 Å². The van der Waals surface area contributed by atoms with Crippen molar-refractivity contribution in [1.82, 2.24) is 0 Å². The second-order valence-electron chi connectivity index (χ2n) is 3.61. The minimum Gasteiger partial charge on any atom is -0.494 e. The normalized spacial score (nSPS) is 9.44. The number of ether oxygens (including phenoxy) is 2. The third-order valence-electron chi connectivity index (χ3n) is 2.23. The Labute approximate surface area is 114 Å². The molecule has 5 heteroatoms. The van der Waals surface area contributed by atoms with Gasteiger partial charge in [0, 0.05) is 13.0 Å². The van der Waals surface area contributed by atoms with E-state index in [1.165, 1.54) is 0 Å². The van der Waals surface area contributed by atoms with Gasteiger partial charge in [-0.1, -0.05) is 12.1 Å². The molecule has 1 aromatic carbocycles. The third-order valence-corrected chi connectivity index (χ3v) is 2.23. The summed E-state index contributed by atoms with van der Waals surface area (Å²) in [5.41, 5.74) is 6.56. The summed E-state index contributed by atoms with van der Waals surface area (Å²) in [7, 11) is 0. The van der Waals surface area contributed by atoms with Crippen molar-refractivity contribution >= 4 is 18.4 Å². The largest absolute Gasteiger partial charge is 0.494 e. The number of carbonyl (C=O) groups is 1. The summed E-state index contributed by atoms with van der Waals surface area (Å²) in [5, 5.41) is 0. The van der Waals surface area contributed by atoms with Crippen molar-refractivity contribution in [2.75, 3.05) is 13.2 Å². The van der Waals surface area contributed by atoms with E-state index in [0.29, 0.717) is 32.6 Å². The molecule has 0 fully saturated rings. The van der Waals surface area contributed by atoms with Gasteiger partial charge in [-0.3, -0.25) is 4.79 Å². The molecule has 0 unspecified atom stereocenters. The maximum absolute atomic E-state index is 11.1. The highest BCUT2D eigenvalue weighted by Gasteiger charge is 2.01. The Bertz CT molecular complexity index is 358. The molecule has 18 heavy (non-hydrogen) atoms. The number of nitrogens with two attached hydrogens (primary N) is 1.